The monoisotopic (exact) mass is 380 g/mol. The molecule has 9 heteroatoms. The highest BCUT2D eigenvalue weighted by molar-refractivity contribution is 7.99. The molecule has 0 aliphatic heterocycles. The third-order valence-corrected chi connectivity index (χ3v) is 4.57. The molecule has 0 saturated carbocycles. The van der Waals surface area contributed by atoms with E-state index in [1.165, 1.54) is 4.40 Å². The lowest BCUT2D eigenvalue weighted by molar-refractivity contribution is -0.113. The summed E-state index contributed by atoms with van der Waals surface area (Å²) in [6.45, 7) is 0. The number of carbonyl (C=O) groups excluding carboxylic acids is 1. The van der Waals surface area contributed by atoms with Gasteiger partial charge in [-0.1, -0.05) is 41.0 Å². The van der Waals surface area contributed by atoms with Gasteiger partial charge in [-0.3, -0.25) is 9.20 Å². The van der Waals surface area contributed by atoms with Gasteiger partial charge in [0.2, 0.25) is 5.91 Å². The van der Waals surface area contributed by atoms with Crippen LogP contribution < -0.4 is 11.0 Å². The van der Waals surface area contributed by atoms with E-state index < -0.39 is 5.69 Å². The summed E-state index contributed by atoms with van der Waals surface area (Å²) in [5, 5.41) is 3.70. The molecular formula is C15H10Cl2N4O2S. The lowest BCUT2D eigenvalue weighted by Gasteiger charge is -2.06. The standard InChI is InChI=1S/C15H10Cl2N4O2S/c16-10-5-4-9(7-11(10)17)18-13(22)8-24-14-19-12-3-1-2-6-21(12)15(23)20-14/h1-7H,8H2,(H,18,22). The van der Waals surface area contributed by atoms with Crippen molar-refractivity contribution in [3.05, 3.63) is 63.1 Å². The molecule has 1 aromatic carbocycles. The second-order valence-electron chi connectivity index (χ2n) is 4.68. The summed E-state index contributed by atoms with van der Waals surface area (Å²) in [5.41, 5.74) is 0.576. The van der Waals surface area contributed by atoms with Crippen LogP contribution in [0.4, 0.5) is 5.69 Å². The Morgan fingerprint density at radius 1 is 1.17 bits per heavy atom. The first kappa shape index (κ1) is 16.8. The quantitative estimate of drug-likeness (QED) is 0.703. The number of amides is 1. The SMILES string of the molecule is O=C(CSc1nc(=O)n2ccccc2n1)Nc1ccc(Cl)c(Cl)c1. The third-order valence-electron chi connectivity index (χ3n) is 2.98. The highest BCUT2D eigenvalue weighted by atomic mass is 35.5. The third kappa shape index (κ3) is 3.87. The summed E-state index contributed by atoms with van der Waals surface area (Å²) in [4.78, 5) is 31.9. The van der Waals surface area contributed by atoms with Crippen LogP contribution >= 0.6 is 35.0 Å². The van der Waals surface area contributed by atoms with E-state index in [4.69, 9.17) is 23.2 Å². The Balaban J connectivity index is 1.68. The molecule has 0 fully saturated rings. The number of hydrogen-bond acceptors (Lipinski definition) is 5. The summed E-state index contributed by atoms with van der Waals surface area (Å²) in [6.07, 6.45) is 1.59. The van der Waals surface area contributed by atoms with E-state index in [-0.39, 0.29) is 16.8 Å². The maximum Gasteiger partial charge on any atom is 0.355 e. The van der Waals surface area contributed by atoms with E-state index in [9.17, 15) is 9.59 Å². The topological polar surface area (TPSA) is 76.4 Å². The lowest BCUT2D eigenvalue weighted by atomic mass is 10.3. The second-order valence-corrected chi connectivity index (χ2v) is 6.44. The number of anilines is 1. The largest absolute Gasteiger partial charge is 0.355 e. The van der Waals surface area contributed by atoms with E-state index in [0.717, 1.165) is 11.8 Å². The lowest BCUT2D eigenvalue weighted by Crippen LogP contribution is -2.20. The number of fused-ring (bicyclic) bond motifs is 1. The maximum atomic E-state index is 12.0. The zero-order valence-electron chi connectivity index (χ0n) is 12.1. The summed E-state index contributed by atoms with van der Waals surface area (Å²) in [6, 6.07) is 9.99. The van der Waals surface area contributed by atoms with Crippen molar-refractivity contribution in [1.82, 2.24) is 14.4 Å². The van der Waals surface area contributed by atoms with Crippen LogP contribution in [0.1, 0.15) is 0 Å². The number of hydrogen-bond donors (Lipinski definition) is 1. The van der Waals surface area contributed by atoms with Gasteiger partial charge < -0.3 is 5.32 Å². The number of rotatable bonds is 4. The second kappa shape index (κ2) is 7.21. The van der Waals surface area contributed by atoms with Crippen molar-refractivity contribution < 1.29 is 4.79 Å². The average Bonchev–Trinajstić information content (AvgIpc) is 2.56. The van der Waals surface area contributed by atoms with Crippen LogP contribution in [0.5, 0.6) is 0 Å². The minimum atomic E-state index is -0.437. The van der Waals surface area contributed by atoms with Gasteiger partial charge in [-0.2, -0.15) is 4.98 Å². The van der Waals surface area contributed by atoms with Gasteiger partial charge in [0.25, 0.3) is 0 Å². The van der Waals surface area contributed by atoms with Gasteiger partial charge in [-0.25, -0.2) is 9.78 Å². The molecule has 2 aromatic heterocycles. The van der Waals surface area contributed by atoms with Crippen LogP contribution in [-0.4, -0.2) is 26.0 Å². The number of nitrogens with one attached hydrogen (secondary N) is 1. The molecule has 0 saturated heterocycles. The fraction of sp³-hybridized carbons (Fsp3) is 0.0667. The first-order chi connectivity index (χ1) is 11.5. The highest BCUT2D eigenvalue weighted by Gasteiger charge is 2.09. The Bertz CT molecular complexity index is 977. The van der Waals surface area contributed by atoms with Gasteiger partial charge >= 0.3 is 5.69 Å². The minimum Gasteiger partial charge on any atom is -0.325 e. The Labute approximate surface area is 150 Å². The number of thioether (sulfide) groups is 1. The molecular weight excluding hydrogens is 371 g/mol. The Kier molecular flexibility index (Phi) is 5.03. The Morgan fingerprint density at radius 3 is 2.79 bits per heavy atom. The van der Waals surface area contributed by atoms with Crippen LogP contribution in [0, 0.1) is 0 Å². The highest BCUT2D eigenvalue weighted by Crippen LogP contribution is 2.25. The molecule has 1 N–H and O–H groups in total. The molecule has 122 valence electrons. The summed E-state index contributed by atoms with van der Waals surface area (Å²) in [5.74, 6) is -0.210. The van der Waals surface area contributed by atoms with Crippen molar-refractivity contribution in [3.63, 3.8) is 0 Å². The van der Waals surface area contributed by atoms with Gasteiger partial charge in [0.05, 0.1) is 15.8 Å². The van der Waals surface area contributed by atoms with Crippen LogP contribution in [0.25, 0.3) is 5.65 Å². The molecule has 2 heterocycles. The molecule has 0 aliphatic carbocycles. The van der Waals surface area contributed by atoms with Gasteiger partial charge in [-0.15, -0.1) is 0 Å². The van der Waals surface area contributed by atoms with E-state index in [1.54, 1.807) is 42.6 Å². The fourth-order valence-corrected chi connectivity index (χ4v) is 2.84. The number of nitrogens with zero attached hydrogens (tertiary/aromatic N) is 3. The Hall–Kier alpha value is -2.09. The smallest absolute Gasteiger partial charge is 0.325 e. The summed E-state index contributed by atoms with van der Waals surface area (Å²) < 4.78 is 1.33. The van der Waals surface area contributed by atoms with Gasteiger partial charge in [-0.05, 0) is 30.3 Å². The number of aromatic nitrogens is 3. The first-order valence-electron chi connectivity index (χ1n) is 6.76. The number of benzene rings is 1. The number of halogens is 2. The van der Waals surface area contributed by atoms with Crippen molar-refractivity contribution >= 4 is 52.2 Å². The summed E-state index contributed by atoms with van der Waals surface area (Å²) >= 11 is 12.8. The zero-order chi connectivity index (χ0) is 17.1. The van der Waals surface area contributed by atoms with E-state index in [1.807, 2.05) is 0 Å². The van der Waals surface area contributed by atoms with Crippen molar-refractivity contribution in [1.29, 1.82) is 0 Å². The molecule has 24 heavy (non-hydrogen) atoms. The van der Waals surface area contributed by atoms with E-state index in [0.29, 0.717) is 21.4 Å². The van der Waals surface area contributed by atoms with Gasteiger partial charge in [0, 0.05) is 11.9 Å². The van der Waals surface area contributed by atoms with Crippen LogP contribution in [0.15, 0.2) is 52.5 Å². The van der Waals surface area contributed by atoms with Crippen molar-refractivity contribution in [3.8, 4) is 0 Å². The van der Waals surface area contributed by atoms with Crippen molar-refractivity contribution in [2.24, 2.45) is 0 Å². The molecule has 0 radical (unpaired) electrons. The molecule has 3 aromatic rings. The molecule has 0 aliphatic rings. The first-order valence-corrected chi connectivity index (χ1v) is 8.50. The molecule has 0 unspecified atom stereocenters. The molecule has 0 atom stereocenters. The normalized spacial score (nSPS) is 10.8. The zero-order valence-corrected chi connectivity index (χ0v) is 14.4. The minimum absolute atomic E-state index is 0.0582. The van der Waals surface area contributed by atoms with Gasteiger partial charge in [0.1, 0.15) is 5.65 Å². The maximum absolute atomic E-state index is 12.0. The number of pyridine rings is 1. The Morgan fingerprint density at radius 2 is 2.00 bits per heavy atom. The predicted molar refractivity (Wildman–Crippen MR) is 95.1 cm³/mol. The van der Waals surface area contributed by atoms with E-state index >= 15 is 0 Å². The van der Waals surface area contributed by atoms with Crippen LogP contribution in [0.2, 0.25) is 10.0 Å². The molecule has 1 amide bonds. The van der Waals surface area contributed by atoms with Crippen molar-refractivity contribution in [2.75, 3.05) is 11.1 Å². The molecule has 3 rings (SSSR count). The van der Waals surface area contributed by atoms with Crippen molar-refractivity contribution in [2.45, 2.75) is 5.16 Å². The summed E-state index contributed by atoms with van der Waals surface area (Å²) in [7, 11) is 0. The van der Waals surface area contributed by atoms with Crippen LogP contribution in [-0.2, 0) is 4.79 Å². The van der Waals surface area contributed by atoms with E-state index in [2.05, 4.69) is 15.3 Å². The fourth-order valence-electron chi connectivity index (χ4n) is 1.91. The van der Waals surface area contributed by atoms with Gasteiger partial charge in [0.15, 0.2) is 5.16 Å². The average molecular weight is 381 g/mol. The number of carbonyl (C=O) groups is 1. The van der Waals surface area contributed by atoms with Crippen LogP contribution in [0.3, 0.4) is 0 Å². The molecule has 0 bridgehead atoms. The molecule has 0 spiro atoms. The molecule has 6 nitrogen and oxygen atoms in total. The predicted octanol–water partition coefficient (Wildman–Crippen LogP) is 3.13.